The molecule has 3 heteroatoms. The summed E-state index contributed by atoms with van der Waals surface area (Å²) in [6.07, 6.45) is 0.423. The summed E-state index contributed by atoms with van der Waals surface area (Å²) in [5, 5.41) is 29.5. The summed E-state index contributed by atoms with van der Waals surface area (Å²) >= 11 is 0. The maximum absolute atomic E-state index is 9.84. The lowest BCUT2D eigenvalue weighted by Crippen LogP contribution is -2.63. The highest BCUT2D eigenvalue weighted by Crippen LogP contribution is 2.56. The van der Waals surface area contributed by atoms with Crippen molar-refractivity contribution >= 4 is 0 Å². The molecule has 0 aromatic heterocycles. The summed E-state index contributed by atoms with van der Waals surface area (Å²) in [6, 6.07) is 0. The molecule has 0 aliphatic heterocycles. The van der Waals surface area contributed by atoms with Crippen LogP contribution in [0.3, 0.4) is 0 Å². The van der Waals surface area contributed by atoms with Crippen LogP contribution >= 0.6 is 0 Å². The molecule has 2 bridgehead atoms. The molecule has 3 N–H and O–H groups in total. The summed E-state index contributed by atoms with van der Waals surface area (Å²) in [6.45, 7) is 3.81. The Hall–Kier alpha value is -0.120. The predicted molar refractivity (Wildman–Crippen MR) is 48.1 cm³/mol. The molecule has 0 saturated heterocycles. The fourth-order valence-electron chi connectivity index (χ4n) is 2.98. The minimum absolute atomic E-state index is 0.0734. The standard InChI is InChI=1S/C10H18O3/c1-9-3-6(11)10(2,7(12)4-9)8(13)5-9/h6-8,11-13H,3-5H2,1-2H3. The number of hydrogen-bond donors (Lipinski definition) is 3. The first-order valence-corrected chi connectivity index (χ1v) is 4.93. The molecular formula is C10H18O3. The van der Waals surface area contributed by atoms with Crippen LogP contribution in [0.15, 0.2) is 0 Å². The van der Waals surface area contributed by atoms with Crippen molar-refractivity contribution in [2.45, 2.75) is 51.4 Å². The number of hydrogen-bond acceptors (Lipinski definition) is 3. The van der Waals surface area contributed by atoms with E-state index < -0.39 is 23.7 Å². The Morgan fingerprint density at radius 2 is 1.15 bits per heavy atom. The largest absolute Gasteiger partial charge is 0.392 e. The summed E-state index contributed by atoms with van der Waals surface area (Å²) in [7, 11) is 0. The maximum Gasteiger partial charge on any atom is 0.0648 e. The highest BCUT2D eigenvalue weighted by molar-refractivity contribution is 5.09. The van der Waals surface area contributed by atoms with Crippen molar-refractivity contribution in [2.24, 2.45) is 10.8 Å². The van der Waals surface area contributed by atoms with Crippen LogP contribution in [0.4, 0.5) is 0 Å². The Morgan fingerprint density at radius 3 is 1.46 bits per heavy atom. The molecule has 3 rings (SSSR count). The summed E-state index contributed by atoms with van der Waals surface area (Å²) < 4.78 is 0. The monoisotopic (exact) mass is 186 g/mol. The van der Waals surface area contributed by atoms with E-state index in [0.29, 0.717) is 19.3 Å². The SMILES string of the molecule is CC12CC(O)C(C)(C(O)C1)C(O)C2. The smallest absolute Gasteiger partial charge is 0.0648 e. The van der Waals surface area contributed by atoms with Crippen molar-refractivity contribution < 1.29 is 15.3 Å². The van der Waals surface area contributed by atoms with E-state index in [4.69, 9.17) is 0 Å². The third-order valence-electron chi connectivity index (χ3n) is 4.21. The van der Waals surface area contributed by atoms with Crippen LogP contribution < -0.4 is 0 Å². The molecule has 3 fully saturated rings. The van der Waals surface area contributed by atoms with Crippen molar-refractivity contribution in [1.82, 2.24) is 0 Å². The van der Waals surface area contributed by atoms with E-state index in [1.807, 2.05) is 6.92 Å². The van der Waals surface area contributed by atoms with Gasteiger partial charge in [0.1, 0.15) is 0 Å². The minimum Gasteiger partial charge on any atom is -0.392 e. The molecule has 3 atom stereocenters. The molecule has 3 nitrogen and oxygen atoms in total. The molecule has 0 heterocycles. The summed E-state index contributed by atoms with van der Waals surface area (Å²) in [4.78, 5) is 0. The average Bonchev–Trinajstić information content (AvgIpc) is 1.96. The highest BCUT2D eigenvalue weighted by Gasteiger charge is 2.59. The number of fused-ring (bicyclic) bond motifs is 3. The molecule has 3 unspecified atom stereocenters. The molecular weight excluding hydrogens is 168 g/mol. The Kier molecular flexibility index (Phi) is 1.79. The molecule has 76 valence electrons. The summed E-state index contributed by atoms with van der Waals surface area (Å²) in [5.74, 6) is 0. The third-order valence-corrected chi connectivity index (χ3v) is 4.21. The van der Waals surface area contributed by atoms with Gasteiger partial charge in [-0.2, -0.15) is 0 Å². The van der Waals surface area contributed by atoms with E-state index >= 15 is 0 Å². The normalized spacial score (nSPS) is 61.2. The maximum atomic E-state index is 9.84. The first-order chi connectivity index (χ1) is 5.88. The van der Waals surface area contributed by atoms with E-state index in [0.717, 1.165) is 0 Å². The van der Waals surface area contributed by atoms with E-state index in [1.165, 1.54) is 0 Å². The number of rotatable bonds is 0. The Labute approximate surface area is 78.4 Å². The molecule has 0 aromatic carbocycles. The Bertz CT molecular complexity index is 192. The van der Waals surface area contributed by atoms with Gasteiger partial charge >= 0.3 is 0 Å². The van der Waals surface area contributed by atoms with Crippen LogP contribution in [-0.4, -0.2) is 33.6 Å². The van der Waals surface area contributed by atoms with Crippen LogP contribution in [0.1, 0.15) is 33.1 Å². The zero-order valence-corrected chi connectivity index (χ0v) is 8.20. The molecule has 3 aliphatic rings. The Balaban J connectivity index is 2.36. The van der Waals surface area contributed by atoms with E-state index in [1.54, 1.807) is 6.92 Å². The molecule has 0 amide bonds. The lowest BCUT2D eigenvalue weighted by Gasteiger charge is -2.58. The second-order valence-electron chi connectivity index (χ2n) is 5.34. The first kappa shape index (κ1) is 9.44. The first-order valence-electron chi connectivity index (χ1n) is 4.93. The van der Waals surface area contributed by atoms with Crippen LogP contribution in [0.25, 0.3) is 0 Å². The van der Waals surface area contributed by atoms with Gasteiger partial charge in [0.25, 0.3) is 0 Å². The molecule has 3 aliphatic carbocycles. The van der Waals surface area contributed by atoms with Gasteiger partial charge < -0.3 is 15.3 Å². The van der Waals surface area contributed by atoms with Gasteiger partial charge in [-0.3, -0.25) is 0 Å². The highest BCUT2D eigenvalue weighted by atomic mass is 16.3. The summed E-state index contributed by atoms with van der Waals surface area (Å²) in [5.41, 5.74) is -0.770. The van der Waals surface area contributed by atoms with Crippen molar-refractivity contribution in [2.75, 3.05) is 0 Å². The quantitative estimate of drug-likeness (QED) is 0.509. The second-order valence-corrected chi connectivity index (χ2v) is 5.34. The lowest BCUT2D eigenvalue weighted by atomic mass is 9.51. The van der Waals surface area contributed by atoms with Crippen molar-refractivity contribution in [3.8, 4) is 0 Å². The van der Waals surface area contributed by atoms with Crippen molar-refractivity contribution in [3.63, 3.8) is 0 Å². The molecule has 0 aromatic rings. The van der Waals surface area contributed by atoms with Crippen LogP contribution in [-0.2, 0) is 0 Å². The zero-order chi connectivity index (χ0) is 9.85. The van der Waals surface area contributed by atoms with Crippen LogP contribution in [0.5, 0.6) is 0 Å². The van der Waals surface area contributed by atoms with Gasteiger partial charge in [0.2, 0.25) is 0 Å². The van der Waals surface area contributed by atoms with E-state index in [2.05, 4.69) is 0 Å². The van der Waals surface area contributed by atoms with Gasteiger partial charge in [-0.05, 0) is 24.7 Å². The number of aliphatic hydroxyl groups excluding tert-OH is 3. The topological polar surface area (TPSA) is 60.7 Å². The number of aliphatic hydroxyl groups is 3. The molecule has 0 radical (unpaired) electrons. The Morgan fingerprint density at radius 1 is 0.846 bits per heavy atom. The van der Waals surface area contributed by atoms with Gasteiger partial charge in [0.15, 0.2) is 0 Å². The van der Waals surface area contributed by atoms with Crippen LogP contribution in [0.2, 0.25) is 0 Å². The molecule has 3 saturated carbocycles. The average molecular weight is 186 g/mol. The van der Waals surface area contributed by atoms with Crippen molar-refractivity contribution in [1.29, 1.82) is 0 Å². The van der Waals surface area contributed by atoms with Crippen molar-refractivity contribution in [3.05, 3.63) is 0 Å². The van der Waals surface area contributed by atoms with Gasteiger partial charge in [-0.15, -0.1) is 0 Å². The van der Waals surface area contributed by atoms with Gasteiger partial charge in [-0.25, -0.2) is 0 Å². The van der Waals surface area contributed by atoms with E-state index in [-0.39, 0.29) is 5.41 Å². The van der Waals surface area contributed by atoms with Gasteiger partial charge in [0, 0.05) is 5.41 Å². The van der Waals surface area contributed by atoms with Gasteiger partial charge in [-0.1, -0.05) is 13.8 Å². The molecule has 13 heavy (non-hydrogen) atoms. The zero-order valence-electron chi connectivity index (χ0n) is 8.20. The fourth-order valence-corrected chi connectivity index (χ4v) is 2.98. The van der Waals surface area contributed by atoms with Crippen LogP contribution in [0, 0.1) is 10.8 Å². The van der Waals surface area contributed by atoms with Gasteiger partial charge in [0.05, 0.1) is 18.3 Å². The fraction of sp³-hybridized carbons (Fsp3) is 1.00. The second kappa shape index (κ2) is 2.47. The predicted octanol–water partition coefficient (Wildman–Crippen LogP) is 0.279. The minimum atomic E-state index is -0.697. The molecule has 0 spiro atoms. The van der Waals surface area contributed by atoms with E-state index in [9.17, 15) is 15.3 Å². The third kappa shape index (κ3) is 1.07. The lowest BCUT2D eigenvalue weighted by molar-refractivity contribution is -0.227.